The average molecular weight is 328 g/mol. The van der Waals surface area contributed by atoms with Gasteiger partial charge in [0.25, 0.3) is 5.56 Å². The molecule has 23 heavy (non-hydrogen) atoms. The van der Waals surface area contributed by atoms with Crippen LogP contribution in [-0.4, -0.2) is 15.9 Å². The Morgan fingerprint density at radius 1 is 1.35 bits per heavy atom. The summed E-state index contributed by atoms with van der Waals surface area (Å²) in [6.07, 6.45) is 0.359. The number of nitrogens with zero attached hydrogens (tertiary/aromatic N) is 1. The SMILES string of the molecule is CC(OC(=O)CCc1ccsc1)c1nc2ccccc2c(=O)[nH]1. The number of carbonyl (C=O) groups excluding carboxylic acids is 1. The van der Waals surface area contributed by atoms with E-state index in [9.17, 15) is 9.59 Å². The highest BCUT2D eigenvalue weighted by Crippen LogP contribution is 2.16. The normalized spacial score (nSPS) is 12.2. The zero-order valence-electron chi connectivity index (χ0n) is 12.6. The summed E-state index contributed by atoms with van der Waals surface area (Å²) >= 11 is 1.60. The van der Waals surface area contributed by atoms with Crippen molar-refractivity contribution in [2.45, 2.75) is 25.9 Å². The zero-order chi connectivity index (χ0) is 16.2. The van der Waals surface area contributed by atoms with Gasteiger partial charge in [-0.1, -0.05) is 12.1 Å². The Bertz CT molecular complexity index is 871. The van der Waals surface area contributed by atoms with Crippen molar-refractivity contribution in [1.82, 2.24) is 9.97 Å². The first-order chi connectivity index (χ1) is 11.1. The van der Waals surface area contributed by atoms with Crippen LogP contribution in [0.3, 0.4) is 0 Å². The van der Waals surface area contributed by atoms with E-state index in [1.165, 1.54) is 0 Å². The van der Waals surface area contributed by atoms with Crippen LogP contribution in [0.15, 0.2) is 45.9 Å². The Hall–Kier alpha value is -2.47. The number of hydrogen-bond acceptors (Lipinski definition) is 5. The largest absolute Gasteiger partial charge is 0.454 e. The summed E-state index contributed by atoms with van der Waals surface area (Å²) in [6.45, 7) is 1.70. The van der Waals surface area contributed by atoms with Crippen LogP contribution >= 0.6 is 11.3 Å². The highest BCUT2D eigenvalue weighted by atomic mass is 32.1. The minimum absolute atomic E-state index is 0.230. The van der Waals surface area contributed by atoms with Gasteiger partial charge in [0.1, 0.15) is 0 Å². The Labute approximate surface area is 137 Å². The van der Waals surface area contributed by atoms with E-state index in [2.05, 4.69) is 9.97 Å². The van der Waals surface area contributed by atoms with E-state index in [0.717, 1.165) is 5.56 Å². The summed E-state index contributed by atoms with van der Waals surface area (Å²) in [6, 6.07) is 9.06. The van der Waals surface area contributed by atoms with E-state index in [-0.39, 0.29) is 11.5 Å². The number of nitrogens with one attached hydrogen (secondary N) is 1. The second kappa shape index (κ2) is 6.75. The Balaban J connectivity index is 1.69. The molecule has 0 aliphatic heterocycles. The van der Waals surface area contributed by atoms with Gasteiger partial charge in [0.05, 0.1) is 10.9 Å². The van der Waals surface area contributed by atoms with Gasteiger partial charge in [-0.15, -0.1) is 0 Å². The molecule has 5 nitrogen and oxygen atoms in total. The molecule has 0 saturated heterocycles. The van der Waals surface area contributed by atoms with Crippen molar-refractivity contribution in [2.75, 3.05) is 0 Å². The molecular weight excluding hydrogens is 312 g/mol. The van der Waals surface area contributed by atoms with Crippen molar-refractivity contribution < 1.29 is 9.53 Å². The molecular formula is C17H16N2O3S. The highest BCUT2D eigenvalue weighted by molar-refractivity contribution is 7.07. The number of esters is 1. The summed E-state index contributed by atoms with van der Waals surface area (Å²) in [5.74, 6) is 0.0529. The second-order valence-electron chi connectivity index (χ2n) is 5.23. The summed E-state index contributed by atoms with van der Waals surface area (Å²) in [4.78, 5) is 31.0. The maximum atomic E-state index is 12.0. The van der Waals surface area contributed by atoms with Gasteiger partial charge in [-0.05, 0) is 47.9 Å². The number of H-pyrrole nitrogens is 1. The summed E-state index contributed by atoms with van der Waals surface area (Å²) in [5, 5.41) is 4.51. The third-order valence-electron chi connectivity index (χ3n) is 3.52. The molecule has 0 bridgehead atoms. The van der Waals surface area contributed by atoms with Crippen LogP contribution in [0.1, 0.15) is 30.8 Å². The van der Waals surface area contributed by atoms with Gasteiger partial charge in [0, 0.05) is 6.42 Å². The van der Waals surface area contributed by atoms with Crippen molar-refractivity contribution in [3.63, 3.8) is 0 Å². The highest BCUT2D eigenvalue weighted by Gasteiger charge is 2.15. The molecule has 1 aromatic carbocycles. The lowest BCUT2D eigenvalue weighted by Crippen LogP contribution is -2.17. The predicted octanol–water partition coefficient (Wildman–Crippen LogP) is 3.22. The Kier molecular flexibility index (Phi) is 4.52. The number of fused-ring (bicyclic) bond motifs is 1. The van der Waals surface area contributed by atoms with Crippen LogP contribution in [-0.2, 0) is 16.0 Å². The van der Waals surface area contributed by atoms with E-state index in [1.807, 2.05) is 22.9 Å². The van der Waals surface area contributed by atoms with Crippen molar-refractivity contribution in [3.8, 4) is 0 Å². The molecule has 0 fully saturated rings. The maximum absolute atomic E-state index is 12.0. The lowest BCUT2D eigenvalue weighted by molar-refractivity contribution is -0.148. The lowest BCUT2D eigenvalue weighted by Gasteiger charge is -2.13. The maximum Gasteiger partial charge on any atom is 0.306 e. The molecule has 0 aliphatic carbocycles. The van der Waals surface area contributed by atoms with E-state index in [0.29, 0.717) is 29.6 Å². The Morgan fingerprint density at radius 3 is 2.96 bits per heavy atom. The molecule has 1 N–H and O–H groups in total. The number of thiophene rings is 1. The van der Waals surface area contributed by atoms with Gasteiger partial charge in [0.15, 0.2) is 11.9 Å². The quantitative estimate of drug-likeness (QED) is 0.730. The third-order valence-corrected chi connectivity index (χ3v) is 4.25. The van der Waals surface area contributed by atoms with Gasteiger partial charge in [-0.2, -0.15) is 11.3 Å². The number of carbonyl (C=O) groups is 1. The van der Waals surface area contributed by atoms with Gasteiger partial charge >= 0.3 is 5.97 Å². The first-order valence-electron chi connectivity index (χ1n) is 7.33. The summed E-state index contributed by atoms with van der Waals surface area (Å²) in [5.41, 5.74) is 1.48. The van der Waals surface area contributed by atoms with E-state index < -0.39 is 6.10 Å². The van der Waals surface area contributed by atoms with Crippen LogP contribution in [0.5, 0.6) is 0 Å². The van der Waals surface area contributed by atoms with Crippen LogP contribution in [0.25, 0.3) is 10.9 Å². The van der Waals surface area contributed by atoms with Crippen LogP contribution in [0.4, 0.5) is 0 Å². The third kappa shape index (κ3) is 3.65. The monoisotopic (exact) mass is 328 g/mol. The summed E-state index contributed by atoms with van der Waals surface area (Å²) in [7, 11) is 0. The zero-order valence-corrected chi connectivity index (χ0v) is 13.4. The minimum Gasteiger partial charge on any atom is -0.454 e. The predicted molar refractivity (Wildman–Crippen MR) is 89.5 cm³/mol. The van der Waals surface area contributed by atoms with Gasteiger partial charge in [0.2, 0.25) is 0 Å². The number of aromatic nitrogens is 2. The molecule has 3 aromatic rings. The molecule has 1 atom stereocenters. The lowest BCUT2D eigenvalue weighted by atomic mass is 10.2. The molecule has 0 aliphatic rings. The molecule has 6 heteroatoms. The number of aryl methyl sites for hydroxylation is 1. The minimum atomic E-state index is -0.595. The number of hydrogen-bond donors (Lipinski definition) is 1. The molecule has 0 spiro atoms. The van der Waals surface area contributed by atoms with Gasteiger partial charge in [-0.25, -0.2) is 4.98 Å². The molecule has 0 radical (unpaired) electrons. The van der Waals surface area contributed by atoms with Crippen LogP contribution in [0.2, 0.25) is 0 Å². The smallest absolute Gasteiger partial charge is 0.306 e. The first-order valence-corrected chi connectivity index (χ1v) is 8.27. The molecule has 2 aromatic heterocycles. The Morgan fingerprint density at radius 2 is 2.17 bits per heavy atom. The number of benzene rings is 1. The van der Waals surface area contributed by atoms with Crippen molar-refractivity contribution in [3.05, 3.63) is 62.8 Å². The van der Waals surface area contributed by atoms with Crippen molar-refractivity contribution in [2.24, 2.45) is 0 Å². The topological polar surface area (TPSA) is 72.0 Å². The first kappa shape index (κ1) is 15.4. The summed E-state index contributed by atoms with van der Waals surface area (Å²) < 4.78 is 5.37. The van der Waals surface area contributed by atoms with Crippen LogP contribution < -0.4 is 5.56 Å². The fourth-order valence-corrected chi connectivity index (χ4v) is 2.99. The van der Waals surface area contributed by atoms with Crippen LogP contribution in [0, 0.1) is 0 Å². The van der Waals surface area contributed by atoms with Gasteiger partial charge < -0.3 is 9.72 Å². The number of aromatic amines is 1. The molecule has 0 amide bonds. The fraction of sp³-hybridized carbons (Fsp3) is 0.235. The average Bonchev–Trinajstić information content (AvgIpc) is 3.06. The number of rotatable bonds is 5. The van der Waals surface area contributed by atoms with E-state index in [4.69, 9.17) is 4.74 Å². The van der Waals surface area contributed by atoms with Gasteiger partial charge in [-0.3, -0.25) is 9.59 Å². The van der Waals surface area contributed by atoms with E-state index in [1.54, 1.807) is 36.5 Å². The van der Waals surface area contributed by atoms with Crippen molar-refractivity contribution in [1.29, 1.82) is 0 Å². The molecule has 2 heterocycles. The second-order valence-corrected chi connectivity index (χ2v) is 6.01. The molecule has 118 valence electrons. The fourth-order valence-electron chi connectivity index (χ4n) is 2.29. The molecule has 3 rings (SSSR count). The number of ether oxygens (including phenoxy) is 1. The standard InChI is InChI=1S/C17H16N2O3S/c1-11(22-15(20)7-6-12-8-9-23-10-12)16-18-14-5-3-2-4-13(14)17(21)19-16/h2-5,8-11H,6-7H2,1H3,(H,18,19,21). The van der Waals surface area contributed by atoms with Crippen molar-refractivity contribution >= 4 is 28.2 Å². The van der Waals surface area contributed by atoms with E-state index >= 15 is 0 Å². The number of para-hydroxylation sites is 1. The molecule has 0 saturated carbocycles. The molecule has 1 unspecified atom stereocenters.